The van der Waals surface area contributed by atoms with E-state index in [4.69, 9.17) is 0 Å². The Morgan fingerprint density at radius 1 is 1.35 bits per heavy atom. The lowest BCUT2D eigenvalue weighted by atomic mass is 10.1. The zero-order valence-electron chi connectivity index (χ0n) is 12.8. The Hall–Kier alpha value is -1.62. The van der Waals surface area contributed by atoms with Crippen LogP contribution >= 0.6 is 0 Å². The maximum Gasteiger partial charge on any atom is 0.292 e. The maximum atomic E-state index is 11.1. The fourth-order valence-electron chi connectivity index (χ4n) is 2.28. The molecule has 5 nitrogen and oxygen atoms in total. The van der Waals surface area contributed by atoms with Crippen LogP contribution in [0, 0.1) is 10.1 Å². The molecule has 20 heavy (non-hydrogen) atoms. The fraction of sp³-hybridized carbons (Fsp3) is 0.600. The number of hydrogen-bond acceptors (Lipinski definition) is 4. The number of anilines is 1. The van der Waals surface area contributed by atoms with E-state index in [-0.39, 0.29) is 10.6 Å². The van der Waals surface area contributed by atoms with Gasteiger partial charge in [-0.2, -0.15) is 0 Å². The number of nitrogens with one attached hydrogen (secondary N) is 1. The molecule has 0 aliphatic rings. The molecule has 1 rings (SSSR count). The van der Waals surface area contributed by atoms with Crippen LogP contribution in [0.3, 0.4) is 0 Å². The van der Waals surface area contributed by atoms with Gasteiger partial charge in [-0.15, -0.1) is 0 Å². The number of nitro benzene ring substituents is 1. The molecule has 0 saturated heterocycles. The number of hydrogen-bond donors (Lipinski definition) is 1. The van der Waals surface area contributed by atoms with E-state index in [0.717, 1.165) is 25.1 Å². The summed E-state index contributed by atoms with van der Waals surface area (Å²) in [7, 11) is 0. The molecule has 0 radical (unpaired) electrons. The molecule has 1 aromatic carbocycles. The van der Waals surface area contributed by atoms with Crippen LogP contribution in [-0.4, -0.2) is 29.0 Å². The smallest absolute Gasteiger partial charge is 0.292 e. The normalized spacial score (nSPS) is 11.1. The zero-order chi connectivity index (χ0) is 15.1. The van der Waals surface area contributed by atoms with Gasteiger partial charge in [-0.1, -0.05) is 19.1 Å². The molecule has 0 aromatic heterocycles. The Morgan fingerprint density at radius 2 is 2.05 bits per heavy atom. The quantitative estimate of drug-likeness (QED) is 0.583. The van der Waals surface area contributed by atoms with E-state index in [2.05, 4.69) is 31.0 Å². The molecule has 0 unspecified atom stereocenters. The van der Waals surface area contributed by atoms with Crippen molar-refractivity contribution >= 4 is 11.4 Å². The van der Waals surface area contributed by atoms with E-state index in [0.29, 0.717) is 18.3 Å². The summed E-state index contributed by atoms with van der Waals surface area (Å²) in [5.41, 5.74) is 1.80. The van der Waals surface area contributed by atoms with Crippen LogP contribution in [-0.2, 0) is 6.54 Å². The third-order valence-electron chi connectivity index (χ3n) is 3.29. The summed E-state index contributed by atoms with van der Waals surface area (Å²) in [6.45, 7) is 10.8. The molecule has 0 heterocycles. The second-order valence-corrected chi connectivity index (χ2v) is 5.16. The average Bonchev–Trinajstić information content (AvgIpc) is 2.39. The molecule has 0 aliphatic heterocycles. The largest absolute Gasteiger partial charge is 0.380 e. The van der Waals surface area contributed by atoms with Gasteiger partial charge < -0.3 is 5.32 Å². The molecule has 0 fully saturated rings. The highest BCUT2D eigenvalue weighted by Gasteiger charge is 2.19. The summed E-state index contributed by atoms with van der Waals surface area (Å²) >= 11 is 0. The first-order valence-electron chi connectivity index (χ1n) is 7.25. The molecule has 112 valence electrons. The van der Waals surface area contributed by atoms with Crippen molar-refractivity contribution < 1.29 is 4.92 Å². The van der Waals surface area contributed by atoms with Crippen molar-refractivity contribution in [3.8, 4) is 0 Å². The second-order valence-electron chi connectivity index (χ2n) is 5.16. The number of nitrogens with zero attached hydrogens (tertiary/aromatic N) is 2. The molecule has 0 bridgehead atoms. The highest BCUT2D eigenvalue weighted by Crippen LogP contribution is 2.29. The highest BCUT2D eigenvalue weighted by molar-refractivity contribution is 5.66. The number of rotatable bonds is 8. The SMILES string of the molecule is CCCN(Cc1cccc([N+](=O)[O-])c1NCC)C(C)C. The van der Waals surface area contributed by atoms with Crippen molar-refractivity contribution in [3.05, 3.63) is 33.9 Å². The van der Waals surface area contributed by atoms with Crippen molar-refractivity contribution in [3.63, 3.8) is 0 Å². The Balaban J connectivity index is 3.09. The molecule has 0 amide bonds. The second kappa shape index (κ2) is 7.85. The van der Waals surface area contributed by atoms with E-state index in [1.807, 2.05) is 13.0 Å². The minimum atomic E-state index is -0.318. The van der Waals surface area contributed by atoms with Gasteiger partial charge in [0, 0.05) is 25.2 Å². The van der Waals surface area contributed by atoms with Crippen LogP contribution < -0.4 is 5.32 Å². The van der Waals surface area contributed by atoms with E-state index in [1.165, 1.54) is 0 Å². The van der Waals surface area contributed by atoms with Crippen LogP contribution in [0.25, 0.3) is 0 Å². The molecule has 0 saturated carbocycles. The van der Waals surface area contributed by atoms with Gasteiger partial charge in [0.25, 0.3) is 5.69 Å². The summed E-state index contributed by atoms with van der Waals surface area (Å²) in [5, 5.41) is 14.3. The Bertz CT molecular complexity index is 447. The lowest BCUT2D eigenvalue weighted by Crippen LogP contribution is -2.31. The Kier molecular flexibility index (Phi) is 6.45. The molecule has 1 aromatic rings. The summed E-state index contributed by atoms with van der Waals surface area (Å²) in [6, 6.07) is 5.71. The maximum absolute atomic E-state index is 11.1. The average molecular weight is 279 g/mol. The van der Waals surface area contributed by atoms with E-state index < -0.39 is 0 Å². The molecule has 1 N–H and O–H groups in total. The standard InChI is InChI=1S/C15H25N3O2/c1-5-10-17(12(3)4)11-13-8-7-9-14(18(19)20)15(13)16-6-2/h7-9,12,16H,5-6,10-11H2,1-4H3. The Morgan fingerprint density at radius 3 is 2.55 bits per heavy atom. The Labute approximate surface area is 121 Å². The van der Waals surface area contributed by atoms with Gasteiger partial charge in [-0.25, -0.2) is 0 Å². The van der Waals surface area contributed by atoms with Crippen LogP contribution in [0.5, 0.6) is 0 Å². The van der Waals surface area contributed by atoms with Crippen molar-refractivity contribution in [1.29, 1.82) is 0 Å². The van der Waals surface area contributed by atoms with Gasteiger partial charge in [-0.05, 0) is 39.3 Å². The van der Waals surface area contributed by atoms with Crippen molar-refractivity contribution in [2.24, 2.45) is 0 Å². The van der Waals surface area contributed by atoms with Crippen LogP contribution in [0.2, 0.25) is 0 Å². The van der Waals surface area contributed by atoms with Crippen LogP contribution in [0.1, 0.15) is 39.7 Å². The van der Waals surface area contributed by atoms with Gasteiger partial charge in [-0.3, -0.25) is 15.0 Å². The molecular weight excluding hydrogens is 254 g/mol. The van der Waals surface area contributed by atoms with E-state index in [1.54, 1.807) is 12.1 Å². The van der Waals surface area contributed by atoms with Gasteiger partial charge in [0.2, 0.25) is 0 Å². The molecule has 0 spiro atoms. The fourth-order valence-corrected chi connectivity index (χ4v) is 2.28. The monoisotopic (exact) mass is 279 g/mol. The summed E-state index contributed by atoms with van der Waals surface area (Å²) in [6.07, 6.45) is 1.07. The lowest BCUT2D eigenvalue weighted by Gasteiger charge is -2.27. The molecule has 0 atom stereocenters. The van der Waals surface area contributed by atoms with E-state index >= 15 is 0 Å². The van der Waals surface area contributed by atoms with Gasteiger partial charge in [0.05, 0.1) is 4.92 Å². The molecule has 5 heteroatoms. The predicted molar refractivity (Wildman–Crippen MR) is 83.1 cm³/mol. The number of para-hydroxylation sites is 1. The van der Waals surface area contributed by atoms with Crippen molar-refractivity contribution in [2.75, 3.05) is 18.4 Å². The predicted octanol–water partition coefficient (Wildman–Crippen LogP) is 3.65. The zero-order valence-corrected chi connectivity index (χ0v) is 12.8. The minimum Gasteiger partial charge on any atom is -0.380 e. The van der Waals surface area contributed by atoms with Crippen LogP contribution in [0.15, 0.2) is 18.2 Å². The lowest BCUT2D eigenvalue weighted by molar-refractivity contribution is -0.384. The first-order valence-corrected chi connectivity index (χ1v) is 7.25. The van der Waals surface area contributed by atoms with Gasteiger partial charge in [0.15, 0.2) is 0 Å². The number of nitro groups is 1. The molecular formula is C15H25N3O2. The molecule has 0 aliphatic carbocycles. The van der Waals surface area contributed by atoms with Crippen molar-refractivity contribution in [2.45, 2.75) is 46.7 Å². The van der Waals surface area contributed by atoms with Gasteiger partial charge in [0.1, 0.15) is 5.69 Å². The van der Waals surface area contributed by atoms with Gasteiger partial charge >= 0.3 is 0 Å². The minimum absolute atomic E-state index is 0.157. The van der Waals surface area contributed by atoms with Crippen molar-refractivity contribution in [1.82, 2.24) is 4.90 Å². The highest BCUT2D eigenvalue weighted by atomic mass is 16.6. The van der Waals surface area contributed by atoms with Crippen LogP contribution in [0.4, 0.5) is 11.4 Å². The summed E-state index contributed by atoms with van der Waals surface area (Å²) < 4.78 is 0. The third-order valence-corrected chi connectivity index (χ3v) is 3.29. The number of benzene rings is 1. The third kappa shape index (κ3) is 4.20. The first kappa shape index (κ1) is 16.4. The summed E-state index contributed by atoms with van der Waals surface area (Å²) in [4.78, 5) is 13.2. The topological polar surface area (TPSA) is 58.4 Å². The first-order chi connectivity index (χ1) is 9.51. The summed E-state index contributed by atoms with van der Waals surface area (Å²) in [5.74, 6) is 0. The van der Waals surface area contributed by atoms with E-state index in [9.17, 15) is 10.1 Å².